The van der Waals surface area contributed by atoms with Crippen LogP contribution >= 0.6 is 11.6 Å². The van der Waals surface area contributed by atoms with Crippen molar-refractivity contribution in [3.63, 3.8) is 0 Å². The highest BCUT2D eigenvalue weighted by Crippen LogP contribution is 2.18. The van der Waals surface area contributed by atoms with Crippen LogP contribution in [0.3, 0.4) is 0 Å². The molecule has 3 nitrogen and oxygen atoms in total. The third-order valence-corrected chi connectivity index (χ3v) is 3.23. The van der Waals surface area contributed by atoms with Gasteiger partial charge in [-0.05, 0) is 37.5 Å². The Kier molecular flexibility index (Phi) is 5.99. The summed E-state index contributed by atoms with van der Waals surface area (Å²) in [5.74, 6) is 0. The van der Waals surface area contributed by atoms with Crippen molar-refractivity contribution in [3.8, 4) is 0 Å². The zero-order valence-corrected chi connectivity index (χ0v) is 11.9. The minimum absolute atomic E-state index is 0.0197. The van der Waals surface area contributed by atoms with Crippen LogP contribution in [-0.2, 0) is 0 Å². The SMILES string of the molecule is CC[C@@H](C)NC(=O)N[C@H](CC)c1ccc(Cl)cc1. The van der Waals surface area contributed by atoms with E-state index < -0.39 is 0 Å². The first kappa shape index (κ1) is 14.8. The van der Waals surface area contributed by atoms with Crippen LogP contribution in [0.5, 0.6) is 0 Å². The van der Waals surface area contributed by atoms with Crippen molar-refractivity contribution < 1.29 is 4.79 Å². The Morgan fingerprint density at radius 1 is 1.17 bits per heavy atom. The second-order valence-electron chi connectivity index (χ2n) is 4.44. The van der Waals surface area contributed by atoms with Crippen LogP contribution in [0.1, 0.15) is 45.2 Å². The first-order chi connectivity index (χ1) is 8.56. The largest absolute Gasteiger partial charge is 0.336 e. The smallest absolute Gasteiger partial charge is 0.315 e. The molecule has 2 N–H and O–H groups in total. The van der Waals surface area contributed by atoms with Crippen LogP contribution in [0, 0.1) is 0 Å². The Hall–Kier alpha value is -1.22. The number of carbonyl (C=O) groups is 1. The maximum absolute atomic E-state index is 11.8. The molecule has 0 aliphatic rings. The molecule has 0 bridgehead atoms. The summed E-state index contributed by atoms with van der Waals surface area (Å²) in [6.45, 7) is 6.08. The molecule has 1 aromatic carbocycles. The van der Waals surface area contributed by atoms with Gasteiger partial charge in [0.05, 0.1) is 6.04 Å². The molecule has 0 aromatic heterocycles. The lowest BCUT2D eigenvalue weighted by Crippen LogP contribution is -2.42. The predicted molar refractivity (Wildman–Crippen MR) is 75.9 cm³/mol. The maximum Gasteiger partial charge on any atom is 0.315 e. The summed E-state index contributed by atoms with van der Waals surface area (Å²) in [5.41, 5.74) is 1.07. The van der Waals surface area contributed by atoms with Gasteiger partial charge >= 0.3 is 6.03 Å². The monoisotopic (exact) mass is 268 g/mol. The van der Waals surface area contributed by atoms with Crippen molar-refractivity contribution >= 4 is 17.6 Å². The molecular weight excluding hydrogens is 248 g/mol. The lowest BCUT2D eigenvalue weighted by atomic mass is 10.1. The lowest BCUT2D eigenvalue weighted by molar-refractivity contribution is 0.233. The molecule has 0 radical (unpaired) electrons. The summed E-state index contributed by atoms with van der Waals surface area (Å²) in [4.78, 5) is 11.8. The van der Waals surface area contributed by atoms with E-state index in [0.29, 0.717) is 5.02 Å². The van der Waals surface area contributed by atoms with Crippen molar-refractivity contribution in [1.29, 1.82) is 0 Å². The molecule has 2 amide bonds. The minimum Gasteiger partial charge on any atom is -0.336 e. The van der Waals surface area contributed by atoms with Crippen LogP contribution in [0.4, 0.5) is 4.79 Å². The average molecular weight is 269 g/mol. The Bertz CT molecular complexity index is 378. The van der Waals surface area contributed by atoms with Crippen molar-refractivity contribution in [2.45, 2.75) is 45.7 Å². The van der Waals surface area contributed by atoms with Gasteiger partial charge < -0.3 is 10.6 Å². The van der Waals surface area contributed by atoms with Gasteiger partial charge in [-0.2, -0.15) is 0 Å². The molecule has 2 atom stereocenters. The second kappa shape index (κ2) is 7.27. The van der Waals surface area contributed by atoms with Crippen LogP contribution in [0.15, 0.2) is 24.3 Å². The number of hydrogen-bond donors (Lipinski definition) is 2. The van der Waals surface area contributed by atoms with Gasteiger partial charge in [0, 0.05) is 11.1 Å². The predicted octanol–water partition coefficient (Wildman–Crippen LogP) is 3.89. The number of nitrogens with one attached hydrogen (secondary N) is 2. The average Bonchev–Trinajstić information content (AvgIpc) is 2.37. The quantitative estimate of drug-likeness (QED) is 0.836. The summed E-state index contributed by atoms with van der Waals surface area (Å²) in [7, 11) is 0. The van der Waals surface area contributed by atoms with Crippen LogP contribution in [0.2, 0.25) is 5.02 Å². The molecule has 100 valence electrons. The molecule has 0 aliphatic carbocycles. The zero-order chi connectivity index (χ0) is 13.5. The van der Waals surface area contributed by atoms with Crippen molar-refractivity contribution in [1.82, 2.24) is 10.6 Å². The number of hydrogen-bond acceptors (Lipinski definition) is 1. The summed E-state index contributed by atoms with van der Waals surface area (Å²) in [6.07, 6.45) is 1.76. The van der Waals surface area contributed by atoms with Crippen molar-refractivity contribution in [2.24, 2.45) is 0 Å². The van der Waals surface area contributed by atoms with E-state index in [2.05, 4.69) is 10.6 Å². The van der Waals surface area contributed by atoms with E-state index in [1.54, 1.807) is 0 Å². The Balaban J connectivity index is 2.61. The number of amides is 2. The number of benzene rings is 1. The fourth-order valence-electron chi connectivity index (χ4n) is 1.64. The Labute approximate surface area is 114 Å². The zero-order valence-electron chi connectivity index (χ0n) is 11.2. The van der Waals surface area contributed by atoms with Crippen molar-refractivity contribution in [2.75, 3.05) is 0 Å². The molecule has 1 rings (SSSR count). The highest BCUT2D eigenvalue weighted by Gasteiger charge is 2.13. The van der Waals surface area contributed by atoms with E-state index in [9.17, 15) is 4.79 Å². The van der Waals surface area contributed by atoms with Gasteiger partial charge in [0.15, 0.2) is 0 Å². The van der Waals surface area contributed by atoms with Gasteiger partial charge in [0.25, 0.3) is 0 Å². The molecule has 1 aromatic rings. The van der Waals surface area contributed by atoms with Gasteiger partial charge in [0.1, 0.15) is 0 Å². The molecule has 0 saturated carbocycles. The molecule has 0 fully saturated rings. The summed E-state index contributed by atoms with van der Waals surface area (Å²) in [6, 6.07) is 7.66. The fraction of sp³-hybridized carbons (Fsp3) is 0.500. The van der Waals surface area contributed by atoms with Crippen LogP contribution < -0.4 is 10.6 Å². The number of urea groups is 1. The molecule has 0 unspecified atom stereocenters. The molecule has 0 spiro atoms. The minimum atomic E-state index is -0.119. The molecule has 0 aliphatic heterocycles. The molecule has 18 heavy (non-hydrogen) atoms. The molecule has 0 heterocycles. The summed E-state index contributed by atoms with van der Waals surface area (Å²) in [5, 5.41) is 6.58. The lowest BCUT2D eigenvalue weighted by Gasteiger charge is -2.20. The molecular formula is C14H21ClN2O. The Morgan fingerprint density at radius 2 is 1.78 bits per heavy atom. The first-order valence-corrected chi connectivity index (χ1v) is 6.77. The summed E-state index contributed by atoms with van der Waals surface area (Å²) >= 11 is 5.85. The van der Waals surface area contributed by atoms with Gasteiger partial charge in [-0.25, -0.2) is 4.79 Å². The first-order valence-electron chi connectivity index (χ1n) is 6.39. The Morgan fingerprint density at radius 3 is 2.28 bits per heavy atom. The fourth-order valence-corrected chi connectivity index (χ4v) is 1.77. The number of halogens is 1. The third kappa shape index (κ3) is 4.57. The summed E-state index contributed by atoms with van der Waals surface area (Å²) < 4.78 is 0. The van der Waals surface area contributed by atoms with Gasteiger partial charge in [0.2, 0.25) is 0 Å². The number of rotatable bonds is 5. The van der Waals surface area contributed by atoms with E-state index in [4.69, 9.17) is 11.6 Å². The van der Waals surface area contributed by atoms with E-state index in [1.165, 1.54) is 0 Å². The highest BCUT2D eigenvalue weighted by molar-refractivity contribution is 6.30. The van der Waals surface area contributed by atoms with Crippen molar-refractivity contribution in [3.05, 3.63) is 34.9 Å². The van der Waals surface area contributed by atoms with Gasteiger partial charge in [-0.15, -0.1) is 0 Å². The standard InChI is InChI=1S/C14H21ClN2O/c1-4-10(3)16-14(18)17-13(5-2)11-6-8-12(15)9-7-11/h6-10,13H,4-5H2,1-3H3,(H2,16,17,18)/t10-,13-/m1/s1. The van der Waals surface area contributed by atoms with Gasteiger partial charge in [-0.1, -0.05) is 37.6 Å². The van der Waals surface area contributed by atoms with E-state index in [0.717, 1.165) is 18.4 Å². The second-order valence-corrected chi connectivity index (χ2v) is 4.88. The number of carbonyl (C=O) groups excluding carboxylic acids is 1. The highest BCUT2D eigenvalue weighted by atomic mass is 35.5. The maximum atomic E-state index is 11.8. The van der Waals surface area contributed by atoms with E-state index in [-0.39, 0.29) is 18.1 Å². The van der Waals surface area contributed by atoms with Crippen LogP contribution in [0.25, 0.3) is 0 Å². The normalized spacial score (nSPS) is 13.8. The van der Waals surface area contributed by atoms with E-state index in [1.807, 2.05) is 45.0 Å². The topological polar surface area (TPSA) is 41.1 Å². The van der Waals surface area contributed by atoms with E-state index >= 15 is 0 Å². The van der Waals surface area contributed by atoms with Crippen LogP contribution in [-0.4, -0.2) is 12.1 Å². The third-order valence-electron chi connectivity index (χ3n) is 2.98. The molecule has 4 heteroatoms. The molecule has 0 saturated heterocycles. The van der Waals surface area contributed by atoms with Gasteiger partial charge in [-0.3, -0.25) is 0 Å².